The van der Waals surface area contributed by atoms with Crippen LogP contribution < -0.4 is 5.32 Å². The molecule has 3 nitrogen and oxygen atoms in total. The largest absolute Gasteiger partial charge is 0.345 e. The SMILES string of the molecule is O=C(NCC(=O)c1sccc1Cl)c1ccccc1. The maximum absolute atomic E-state index is 11.8. The summed E-state index contributed by atoms with van der Waals surface area (Å²) in [5.41, 5.74) is 0.530. The van der Waals surface area contributed by atoms with E-state index in [1.807, 2.05) is 6.07 Å². The fraction of sp³-hybridized carbons (Fsp3) is 0.0769. The lowest BCUT2D eigenvalue weighted by Gasteiger charge is -2.03. The monoisotopic (exact) mass is 279 g/mol. The number of nitrogens with one attached hydrogen (secondary N) is 1. The Balaban J connectivity index is 1.95. The molecule has 0 aliphatic rings. The first kappa shape index (κ1) is 12.8. The van der Waals surface area contributed by atoms with Gasteiger partial charge < -0.3 is 5.32 Å². The molecule has 2 rings (SSSR count). The molecule has 0 aliphatic heterocycles. The van der Waals surface area contributed by atoms with Gasteiger partial charge in [0.05, 0.1) is 16.4 Å². The molecule has 1 amide bonds. The van der Waals surface area contributed by atoms with Gasteiger partial charge in [-0.3, -0.25) is 9.59 Å². The Morgan fingerprint density at radius 3 is 2.50 bits per heavy atom. The third-order valence-corrected chi connectivity index (χ3v) is 3.70. The number of ketones is 1. The summed E-state index contributed by atoms with van der Waals surface area (Å²) in [6.07, 6.45) is 0. The van der Waals surface area contributed by atoms with Gasteiger partial charge in [0.2, 0.25) is 0 Å². The predicted molar refractivity (Wildman–Crippen MR) is 72.4 cm³/mol. The molecule has 18 heavy (non-hydrogen) atoms. The number of thiophene rings is 1. The molecular formula is C13H10ClNO2S. The zero-order valence-corrected chi connectivity index (χ0v) is 10.9. The number of hydrogen-bond acceptors (Lipinski definition) is 3. The fourth-order valence-corrected chi connectivity index (χ4v) is 2.53. The topological polar surface area (TPSA) is 46.2 Å². The Morgan fingerprint density at radius 2 is 1.89 bits per heavy atom. The highest BCUT2D eigenvalue weighted by atomic mass is 35.5. The quantitative estimate of drug-likeness (QED) is 0.875. The summed E-state index contributed by atoms with van der Waals surface area (Å²) < 4.78 is 0. The van der Waals surface area contributed by atoms with Gasteiger partial charge >= 0.3 is 0 Å². The molecule has 0 radical (unpaired) electrons. The summed E-state index contributed by atoms with van der Waals surface area (Å²) in [4.78, 5) is 24.0. The van der Waals surface area contributed by atoms with Crippen LogP contribution in [-0.2, 0) is 0 Å². The minimum absolute atomic E-state index is 0.0477. The van der Waals surface area contributed by atoms with Crippen molar-refractivity contribution in [2.24, 2.45) is 0 Å². The summed E-state index contributed by atoms with van der Waals surface area (Å²) in [7, 11) is 0. The average molecular weight is 280 g/mol. The minimum atomic E-state index is -0.267. The standard InChI is InChI=1S/C13H10ClNO2S/c14-10-6-7-18-12(10)11(16)8-15-13(17)9-4-2-1-3-5-9/h1-7H,8H2,(H,15,17). The second-order valence-electron chi connectivity index (χ2n) is 3.57. The molecular weight excluding hydrogens is 270 g/mol. The molecule has 2 aromatic rings. The van der Waals surface area contributed by atoms with Crippen LogP contribution in [0.3, 0.4) is 0 Å². The van der Waals surface area contributed by atoms with Crippen molar-refractivity contribution in [3.8, 4) is 0 Å². The molecule has 5 heteroatoms. The number of halogens is 1. The number of rotatable bonds is 4. The van der Waals surface area contributed by atoms with Gasteiger partial charge in [-0.25, -0.2) is 0 Å². The molecule has 1 N–H and O–H groups in total. The van der Waals surface area contributed by atoms with Crippen LogP contribution in [-0.4, -0.2) is 18.2 Å². The summed E-state index contributed by atoms with van der Waals surface area (Å²) in [5.74, 6) is -0.448. The maximum Gasteiger partial charge on any atom is 0.251 e. The first-order chi connectivity index (χ1) is 8.68. The number of amides is 1. The second kappa shape index (κ2) is 5.80. The molecule has 0 saturated heterocycles. The lowest BCUT2D eigenvalue weighted by atomic mass is 10.2. The third-order valence-electron chi connectivity index (χ3n) is 2.32. The molecule has 0 unspecified atom stereocenters. The van der Waals surface area contributed by atoms with E-state index in [1.165, 1.54) is 11.3 Å². The van der Waals surface area contributed by atoms with Crippen molar-refractivity contribution in [1.82, 2.24) is 5.32 Å². The number of Topliss-reactive ketones (excluding diaryl/α,β-unsaturated/α-hetero) is 1. The van der Waals surface area contributed by atoms with E-state index in [-0.39, 0.29) is 18.2 Å². The normalized spacial score (nSPS) is 10.1. The van der Waals surface area contributed by atoms with E-state index in [0.717, 1.165) is 0 Å². The summed E-state index contributed by atoms with van der Waals surface area (Å²) in [6, 6.07) is 10.4. The smallest absolute Gasteiger partial charge is 0.251 e. The zero-order valence-electron chi connectivity index (χ0n) is 9.35. The van der Waals surface area contributed by atoms with Crippen molar-refractivity contribution < 1.29 is 9.59 Å². The van der Waals surface area contributed by atoms with Gasteiger partial charge in [0.25, 0.3) is 5.91 Å². The Morgan fingerprint density at radius 1 is 1.17 bits per heavy atom. The van der Waals surface area contributed by atoms with Crippen LogP contribution >= 0.6 is 22.9 Å². The molecule has 0 fully saturated rings. The number of carbonyl (C=O) groups is 2. The summed E-state index contributed by atoms with van der Waals surface area (Å²) >= 11 is 7.12. The molecule has 0 saturated carbocycles. The Labute approximate surface area is 113 Å². The highest BCUT2D eigenvalue weighted by molar-refractivity contribution is 7.12. The highest BCUT2D eigenvalue weighted by Crippen LogP contribution is 2.22. The van der Waals surface area contributed by atoms with E-state index < -0.39 is 0 Å². The first-order valence-corrected chi connectivity index (χ1v) is 6.53. The van der Waals surface area contributed by atoms with Crippen LogP contribution in [0.15, 0.2) is 41.8 Å². The van der Waals surface area contributed by atoms with Crippen molar-refractivity contribution >= 4 is 34.6 Å². The van der Waals surface area contributed by atoms with Crippen LogP contribution in [0.25, 0.3) is 0 Å². The number of hydrogen-bond donors (Lipinski definition) is 1. The van der Waals surface area contributed by atoms with Crippen molar-refractivity contribution in [2.75, 3.05) is 6.54 Å². The Bertz CT molecular complexity index is 565. The van der Waals surface area contributed by atoms with E-state index in [4.69, 9.17) is 11.6 Å². The van der Waals surface area contributed by atoms with E-state index in [2.05, 4.69) is 5.32 Å². The van der Waals surface area contributed by atoms with Crippen LogP contribution in [0, 0.1) is 0 Å². The van der Waals surface area contributed by atoms with Crippen molar-refractivity contribution in [3.05, 3.63) is 57.2 Å². The van der Waals surface area contributed by atoms with Gasteiger partial charge in [-0.05, 0) is 23.6 Å². The van der Waals surface area contributed by atoms with Crippen LogP contribution in [0.1, 0.15) is 20.0 Å². The second-order valence-corrected chi connectivity index (χ2v) is 4.89. The lowest BCUT2D eigenvalue weighted by Crippen LogP contribution is -2.29. The first-order valence-electron chi connectivity index (χ1n) is 5.28. The van der Waals surface area contributed by atoms with Crippen molar-refractivity contribution in [2.45, 2.75) is 0 Å². The predicted octanol–water partition coefficient (Wildman–Crippen LogP) is 3.01. The number of benzene rings is 1. The maximum atomic E-state index is 11.8. The third kappa shape index (κ3) is 2.97. The molecule has 0 spiro atoms. The van der Waals surface area contributed by atoms with Crippen LogP contribution in [0.4, 0.5) is 0 Å². The van der Waals surface area contributed by atoms with Gasteiger partial charge in [-0.15, -0.1) is 11.3 Å². The van der Waals surface area contributed by atoms with Gasteiger partial charge in [0.15, 0.2) is 5.78 Å². The molecule has 0 bridgehead atoms. The fourth-order valence-electron chi connectivity index (χ4n) is 1.43. The molecule has 1 aromatic carbocycles. The molecule has 1 heterocycles. The Kier molecular flexibility index (Phi) is 4.12. The van der Waals surface area contributed by atoms with Crippen LogP contribution in [0.2, 0.25) is 5.02 Å². The molecule has 0 aliphatic carbocycles. The van der Waals surface area contributed by atoms with Crippen molar-refractivity contribution in [3.63, 3.8) is 0 Å². The molecule has 0 atom stereocenters. The highest BCUT2D eigenvalue weighted by Gasteiger charge is 2.13. The molecule has 1 aromatic heterocycles. The zero-order chi connectivity index (χ0) is 13.0. The van der Waals surface area contributed by atoms with Gasteiger partial charge in [-0.1, -0.05) is 29.8 Å². The van der Waals surface area contributed by atoms with Crippen molar-refractivity contribution in [1.29, 1.82) is 0 Å². The van der Waals surface area contributed by atoms with E-state index in [0.29, 0.717) is 15.5 Å². The minimum Gasteiger partial charge on any atom is -0.345 e. The van der Waals surface area contributed by atoms with Gasteiger partial charge in [0, 0.05) is 5.56 Å². The van der Waals surface area contributed by atoms with E-state index in [1.54, 1.807) is 35.7 Å². The lowest BCUT2D eigenvalue weighted by molar-refractivity contribution is 0.0905. The van der Waals surface area contributed by atoms with Crippen LogP contribution in [0.5, 0.6) is 0 Å². The number of carbonyl (C=O) groups excluding carboxylic acids is 2. The summed E-state index contributed by atoms with van der Waals surface area (Å²) in [6.45, 7) is -0.0477. The average Bonchev–Trinajstić information content (AvgIpc) is 2.83. The van der Waals surface area contributed by atoms with E-state index >= 15 is 0 Å². The summed E-state index contributed by atoms with van der Waals surface area (Å²) in [5, 5.41) is 4.75. The van der Waals surface area contributed by atoms with E-state index in [9.17, 15) is 9.59 Å². The molecule has 92 valence electrons. The van der Waals surface area contributed by atoms with Gasteiger partial charge in [-0.2, -0.15) is 0 Å². The Hall–Kier alpha value is -1.65. The van der Waals surface area contributed by atoms with Gasteiger partial charge in [0.1, 0.15) is 0 Å².